The number of aromatic nitrogens is 1. The van der Waals surface area contributed by atoms with Crippen LogP contribution in [0.2, 0.25) is 0 Å². The zero-order valence-electron chi connectivity index (χ0n) is 13.6. The van der Waals surface area contributed by atoms with E-state index in [0.29, 0.717) is 24.5 Å². The van der Waals surface area contributed by atoms with Crippen LogP contribution in [0.3, 0.4) is 0 Å². The van der Waals surface area contributed by atoms with Gasteiger partial charge in [0.25, 0.3) is 0 Å². The number of piperidine rings is 1. The summed E-state index contributed by atoms with van der Waals surface area (Å²) in [4.78, 5) is 25.8. The largest absolute Gasteiger partial charge is 0.465 e. The maximum absolute atomic E-state index is 12.2. The van der Waals surface area contributed by atoms with Crippen LogP contribution in [-0.2, 0) is 9.53 Å². The minimum Gasteiger partial charge on any atom is -0.465 e. The van der Waals surface area contributed by atoms with Crippen LogP contribution in [0.5, 0.6) is 0 Å². The molecule has 6 heteroatoms. The van der Waals surface area contributed by atoms with Gasteiger partial charge in [-0.2, -0.15) is 0 Å². The van der Waals surface area contributed by atoms with Gasteiger partial charge in [0.05, 0.1) is 13.4 Å². The van der Waals surface area contributed by atoms with Crippen LogP contribution in [0.1, 0.15) is 35.1 Å². The molecule has 0 aromatic carbocycles. The molecule has 0 radical (unpaired) electrons. The Kier molecular flexibility index (Phi) is 4.84. The molecule has 0 unspecified atom stereocenters. The standard InChI is InChI=1S/C18H20N2O4/c1-23-18(22)16-5-2-10-20(16)14-8-11-19(12-9-14)17(21)7-6-15-4-3-13-24-15/h2-7,10,13-14H,8-9,11-12H2,1H3/b7-6+. The van der Waals surface area contributed by atoms with Crippen molar-refractivity contribution in [3.63, 3.8) is 0 Å². The number of carbonyl (C=O) groups excluding carboxylic acids is 2. The molecule has 1 aliphatic heterocycles. The highest BCUT2D eigenvalue weighted by molar-refractivity contribution is 5.91. The fraction of sp³-hybridized carbons (Fsp3) is 0.333. The van der Waals surface area contributed by atoms with Crippen molar-refractivity contribution in [2.45, 2.75) is 18.9 Å². The molecule has 2 aromatic rings. The number of furan rings is 1. The second-order valence-corrected chi connectivity index (χ2v) is 5.70. The summed E-state index contributed by atoms with van der Waals surface area (Å²) in [7, 11) is 1.38. The topological polar surface area (TPSA) is 64.7 Å². The average Bonchev–Trinajstić information content (AvgIpc) is 3.30. The van der Waals surface area contributed by atoms with Crippen molar-refractivity contribution in [1.82, 2.24) is 9.47 Å². The molecule has 0 bridgehead atoms. The van der Waals surface area contributed by atoms with Gasteiger partial charge in [-0.05, 0) is 43.2 Å². The minimum atomic E-state index is -0.333. The van der Waals surface area contributed by atoms with E-state index in [-0.39, 0.29) is 17.9 Å². The predicted molar refractivity (Wildman–Crippen MR) is 88.4 cm³/mol. The van der Waals surface area contributed by atoms with Gasteiger partial charge in [-0.3, -0.25) is 4.79 Å². The lowest BCUT2D eigenvalue weighted by molar-refractivity contribution is -0.127. The summed E-state index contributed by atoms with van der Waals surface area (Å²) >= 11 is 0. The van der Waals surface area contributed by atoms with Gasteiger partial charge in [0.1, 0.15) is 11.5 Å². The van der Waals surface area contributed by atoms with Gasteiger partial charge < -0.3 is 18.6 Å². The van der Waals surface area contributed by atoms with Gasteiger partial charge in [0.2, 0.25) is 5.91 Å². The Bertz CT molecular complexity index is 722. The lowest BCUT2D eigenvalue weighted by atomic mass is 10.0. The third kappa shape index (κ3) is 3.42. The van der Waals surface area contributed by atoms with Crippen LogP contribution >= 0.6 is 0 Å². The van der Waals surface area contributed by atoms with E-state index in [1.54, 1.807) is 30.5 Å². The molecule has 1 amide bonds. The Morgan fingerprint density at radius 2 is 2.04 bits per heavy atom. The number of ether oxygens (including phenoxy) is 1. The van der Waals surface area contributed by atoms with Crippen LogP contribution < -0.4 is 0 Å². The third-order valence-electron chi connectivity index (χ3n) is 4.28. The highest BCUT2D eigenvalue weighted by Gasteiger charge is 2.25. The minimum absolute atomic E-state index is 0.0226. The summed E-state index contributed by atoms with van der Waals surface area (Å²) < 4.78 is 11.9. The molecule has 0 spiro atoms. The molecule has 3 rings (SSSR count). The zero-order chi connectivity index (χ0) is 16.9. The van der Waals surface area contributed by atoms with E-state index in [2.05, 4.69) is 0 Å². The Labute approximate surface area is 140 Å². The fourth-order valence-electron chi connectivity index (χ4n) is 3.00. The van der Waals surface area contributed by atoms with Crippen molar-refractivity contribution in [2.24, 2.45) is 0 Å². The normalized spacial score (nSPS) is 15.8. The number of likely N-dealkylation sites (tertiary alicyclic amines) is 1. The molecule has 1 saturated heterocycles. The van der Waals surface area contributed by atoms with Gasteiger partial charge in [0.15, 0.2) is 0 Å². The molecular weight excluding hydrogens is 308 g/mol. The number of amides is 1. The average molecular weight is 328 g/mol. The molecule has 2 aromatic heterocycles. The Balaban J connectivity index is 1.59. The highest BCUT2D eigenvalue weighted by atomic mass is 16.5. The Morgan fingerprint density at radius 3 is 2.71 bits per heavy atom. The lowest BCUT2D eigenvalue weighted by Gasteiger charge is -2.32. The second kappa shape index (κ2) is 7.21. The number of nitrogens with zero attached hydrogens (tertiary/aromatic N) is 2. The van der Waals surface area contributed by atoms with E-state index >= 15 is 0 Å². The van der Waals surface area contributed by atoms with Crippen molar-refractivity contribution in [3.05, 3.63) is 54.3 Å². The molecule has 3 heterocycles. The van der Waals surface area contributed by atoms with Crippen LogP contribution in [-0.4, -0.2) is 41.5 Å². The predicted octanol–water partition coefficient (Wildman–Crippen LogP) is 2.74. The van der Waals surface area contributed by atoms with Crippen molar-refractivity contribution >= 4 is 18.0 Å². The Morgan fingerprint density at radius 1 is 1.25 bits per heavy atom. The lowest BCUT2D eigenvalue weighted by Crippen LogP contribution is -2.38. The summed E-state index contributed by atoms with van der Waals surface area (Å²) in [6.07, 6.45) is 8.29. The van der Waals surface area contributed by atoms with E-state index in [9.17, 15) is 9.59 Å². The van der Waals surface area contributed by atoms with Crippen LogP contribution in [0.15, 0.2) is 47.2 Å². The quantitative estimate of drug-likeness (QED) is 0.639. The smallest absolute Gasteiger partial charge is 0.354 e. The molecule has 126 valence electrons. The number of esters is 1. The first-order valence-electron chi connectivity index (χ1n) is 7.94. The number of hydrogen-bond donors (Lipinski definition) is 0. The molecule has 0 aliphatic carbocycles. The number of methoxy groups -OCH3 is 1. The van der Waals surface area contributed by atoms with Crippen LogP contribution in [0, 0.1) is 0 Å². The van der Waals surface area contributed by atoms with E-state index in [4.69, 9.17) is 9.15 Å². The molecule has 0 N–H and O–H groups in total. The molecule has 0 saturated carbocycles. The summed E-state index contributed by atoms with van der Waals surface area (Å²) in [6.45, 7) is 1.32. The highest BCUT2D eigenvalue weighted by Crippen LogP contribution is 2.25. The first-order valence-corrected chi connectivity index (χ1v) is 7.94. The van der Waals surface area contributed by atoms with E-state index < -0.39 is 0 Å². The maximum Gasteiger partial charge on any atom is 0.354 e. The first kappa shape index (κ1) is 16.1. The molecule has 1 aliphatic rings. The molecule has 1 fully saturated rings. The number of rotatable bonds is 4. The van der Waals surface area contributed by atoms with Gasteiger partial charge in [-0.15, -0.1) is 0 Å². The molecular formula is C18H20N2O4. The third-order valence-corrected chi connectivity index (χ3v) is 4.28. The summed E-state index contributed by atoms with van der Waals surface area (Å²) in [6, 6.07) is 7.39. The van der Waals surface area contributed by atoms with Gasteiger partial charge in [-0.25, -0.2) is 4.79 Å². The van der Waals surface area contributed by atoms with E-state index in [0.717, 1.165) is 12.8 Å². The maximum atomic E-state index is 12.2. The van der Waals surface area contributed by atoms with E-state index in [1.807, 2.05) is 21.7 Å². The first-order chi connectivity index (χ1) is 11.7. The molecule has 0 atom stereocenters. The summed E-state index contributed by atoms with van der Waals surface area (Å²) in [5.41, 5.74) is 0.556. The monoisotopic (exact) mass is 328 g/mol. The van der Waals surface area contributed by atoms with Crippen LogP contribution in [0.4, 0.5) is 0 Å². The van der Waals surface area contributed by atoms with Crippen molar-refractivity contribution < 1.29 is 18.7 Å². The van der Waals surface area contributed by atoms with Crippen molar-refractivity contribution in [2.75, 3.05) is 20.2 Å². The molecule has 24 heavy (non-hydrogen) atoms. The zero-order valence-corrected chi connectivity index (χ0v) is 13.6. The van der Waals surface area contributed by atoms with Crippen molar-refractivity contribution in [3.8, 4) is 0 Å². The van der Waals surface area contributed by atoms with Crippen LogP contribution in [0.25, 0.3) is 6.08 Å². The fourth-order valence-corrected chi connectivity index (χ4v) is 3.00. The number of hydrogen-bond acceptors (Lipinski definition) is 4. The summed E-state index contributed by atoms with van der Waals surface area (Å²) in [5, 5.41) is 0. The second-order valence-electron chi connectivity index (χ2n) is 5.70. The van der Waals surface area contributed by atoms with Gasteiger partial charge >= 0.3 is 5.97 Å². The van der Waals surface area contributed by atoms with Gasteiger partial charge in [0, 0.05) is 31.4 Å². The number of carbonyl (C=O) groups is 2. The Hall–Kier alpha value is -2.76. The summed E-state index contributed by atoms with van der Waals surface area (Å²) in [5.74, 6) is 0.304. The van der Waals surface area contributed by atoms with E-state index in [1.165, 1.54) is 13.2 Å². The van der Waals surface area contributed by atoms with Crippen molar-refractivity contribution in [1.29, 1.82) is 0 Å². The SMILES string of the molecule is COC(=O)c1cccn1C1CCN(C(=O)/C=C/c2ccco2)CC1. The molecule has 6 nitrogen and oxygen atoms in total. The van der Waals surface area contributed by atoms with Gasteiger partial charge in [-0.1, -0.05) is 0 Å².